The molecular formula is C24H20BrIN4O3. The van der Waals surface area contributed by atoms with E-state index in [-0.39, 0.29) is 17.2 Å². The molecule has 5 rings (SSSR count). The van der Waals surface area contributed by atoms with E-state index in [1.54, 1.807) is 0 Å². The first-order valence-corrected chi connectivity index (χ1v) is 12.8. The summed E-state index contributed by atoms with van der Waals surface area (Å²) in [5.74, 6) is 0. The fourth-order valence-electron chi connectivity index (χ4n) is 4.04. The third-order valence-corrected chi connectivity index (χ3v) is 7.38. The van der Waals surface area contributed by atoms with Gasteiger partial charge in [0.2, 0.25) is 0 Å². The topological polar surface area (TPSA) is 78.0 Å². The Hall–Kier alpha value is -2.66. The average Bonchev–Trinajstić information content (AvgIpc) is 3.62. The number of alkyl halides is 1. The minimum absolute atomic E-state index is 0.118. The molecule has 0 spiro atoms. The Kier molecular flexibility index (Phi) is 5.77. The number of para-hydroxylation sites is 1. The maximum Gasteiger partial charge on any atom is 0.337 e. The molecule has 168 valence electrons. The molecular weight excluding hydrogens is 599 g/mol. The number of benzene rings is 2. The van der Waals surface area contributed by atoms with Crippen LogP contribution in [0, 0.1) is 6.92 Å². The minimum Gasteiger partial charge on any atom is -0.355 e. The molecule has 0 unspecified atom stereocenters. The van der Waals surface area contributed by atoms with Gasteiger partial charge >= 0.3 is 5.69 Å². The molecule has 2 aromatic heterocycles. The molecule has 2 aromatic carbocycles. The molecule has 9 heteroatoms. The van der Waals surface area contributed by atoms with E-state index >= 15 is 0 Å². The molecule has 1 fully saturated rings. The molecule has 2 heterocycles. The summed E-state index contributed by atoms with van der Waals surface area (Å²) in [5.41, 5.74) is 1.97. The van der Waals surface area contributed by atoms with Gasteiger partial charge in [0.15, 0.2) is 0 Å². The standard InChI is InChI=1S/C24H20BrIN4O3/c1-14-11-15(7-10-18(14)25)27-19-12-20(31)28(13-26)22-21(19)23(32)30(17-8-9-17)24(33)29(22)16-5-3-2-4-6-16/h2-7,10-12,17,27H,8-9,13H2,1H3. The number of halogens is 2. The van der Waals surface area contributed by atoms with Crippen LogP contribution in [0.4, 0.5) is 11.4 Å². The van der Waals surface area contributed by atoms with E-state index in [1.807, 2.05) is 55.5 Å². The lowest BCUT2D eigenvalue weighted by Gasteiger charge is -2.19. The lowest BCUT2D eigenvalue weighted by atomic mass is 10.2. The lowest BCUT2D eigenvalue weighted by Crippen LogP contribution is -2.41. The molecule has 0 amide bonds. The van der Waals surface area contributed by atoms with Gasteiger partial charge in [-0.3, -0.25) is 18.7 Å². The van der Waals surface area contributed by atoms with Crippen LogP contribution in [0.2, 0.25) is 0 Å². The Bertz CT molecular complexity index is 1570. The Morgan fingerprint density at radius 2 is 1.79 bits per heavy atom. The zero-order valence-corrected chi connectivity index (χ0v) is 21.5. The van der Waals surface area contributed by atoms with Crippen molar-refractivity contribution in [1.29, 1.82) is 0 Å². The predicted octanol–water partition coefficient (Wildman–Crippen LogP) is 4.86. The summed E-state index contributed by atoms with van der Waals surface area (Å²) in [4.78, 5) is 40.4. The predicted molar refractivity (Wildman–Crippen MR) is 143 cm³/mol. The Morgan fingerprint density at radius 3 is 2.42 bits per heavy atom. The van der Waals surface area contributed by atoms with Gasteiger partial charge in [-0.2, -0.15) is 0 Å². The van der Waals surface area contributed by atoms with Crippen molar-refractivity contribution in [2.45, 2.75) is 30.4 Å². The van der Waals surface area contributed by atoms with Gasteiger partial charge in [0, 0.05) is 22.3 Å². The zero-order chi connectivity index (χ0) is 23.3. The van der Waals surface area contributed by atoms with Crippen molar-refractivity contribution in [3.63, 3.8) is 0 Å². The highest BCUT2D eigenvalue weighted by Gasteiger charge is 2.31. The summed E-state index contributed by atoms with van der Waals surface area (Å²) >= 11 is 5.58. The van der Waals surface area contributed by atoms with Gasteiger partial charge in [0.25, 0.3) is 11.1 Å². The third-order valence-electron chi connectivity index (χ3n) is 5.81. The Morgan fingerprint density at radius 1 is 1.06 bits per heavy atom. The molecule has 0 atom stereocenters. The number of nitrogens with zero attached hydrogens (tertiary/aromatic N) is 3. The molecule has 33 heavy (non-hydrogen) atoms. The maximum atomic E-state index is 13.7. The monoisotopic (exact) mass is 618 g/mol. The molecule has 0 aliphatic heterocycles. The number of pyridine rings is 1. The van der Waals surface area contributed by atoms with Gasteiger partial charge in [-0.15, -0.1) is 0 Å². The summed E-state index contributed by atoms with van der Waals surface area (Å²) in [7, 11) is 0. The van der Waals surface area contributed by atoms with Crippen LogP contribution in [0.1, 0.15) is 24.4 Å². The number of hydrogen-bond acceptors (Lipinski definition) is 4. The first-order valence-electron chi connectivity index (χ1n) is 10.5. The fourth-order valence-corrected chi connectivity index (χ4v) is 4.94. The second-order valence-corrected chi connectivity index (χ2v) is 9.63. The summed E-state index contributed by atoms with van der Waals surface area (Å²) in [6.45, 7) is 1.97. The number of aryl methyl sites for hydroxylation is 1. The van der Waals surface area contributed by atoms with Crippen LogP contribution in [-0.4, -0.2) is 13.7 Å². The maximum absolute atomic E-state index is 13.7. The third kappa shape index (κ3) is 3.86. The SMILES string of the molecule is Cc1cc(Nc2cc(=O)n(CI)c3c2c(=O)n(C2CC2)c(=O)n3-c2ccccc2)ccc1Br. The van der Waals surface area contributed by atoms with Crippen molar-refractivity contribution < 1.29 is 0 Å². The van der Waals surface area contributed by atoms with Crippen molar-refractivity contribution in [3.8, 4) is 5.69 Å². The molecule has 1 N–H and O–H groups in total. The lowest BCUT2D eigenvalue weighted by molar-refractivity contribution is 0.637. The highest BCUT2D eigenvalue weighted by atomic mass is 127. The molecule has 1 saturated carbocycles. The average molecular weight is 619 g/mol. The van der Waals surface area contributed by atoms with Crippen molar-refractivity contribution in [3.05, 3.63) is 95.8 Å². The van der Waals surface area contributed by atoms with Gasteiger partial charge in [-0.05, 0) is 55.7 Å². The van der Waals surface area contributed by atoms with Crippen molar-refractivity contribution in [1.82, 2.24) is 13.7 Å². The highest BCUT2D eigenvalue weighted by molar-refractivity contribution is 14.1. The van der Waals surface area contributed by atoms with Gasteiger partial charge in [0.05, 0.1) is 15.9 Å². The second-order valence-electron chi connectivity index (χ2n) is 8.09. The number of anilines is 2. The number of rotatable bonds is 5. The van der Waals surface area contributed by atoms with E-state index in [4.69, 9.17) is 0 Å². The molecule has 0 saturated heterocycles. The Labute approximate surface area is 210 Å². The highest BCUT2D eigenvalue weighted by Crippen LogP contribution is 2.33. The molecule has 7 nitrogen and oxygen atoms in total. The van der Waals surface area contributed by atoms with Gasteiger partial charge < -0.3 is 5.32 Å². The fraction of sp³-hybridized carbons (Fsp3) is 0.208. The van der Waals surface area contributed by atoms with Crippen LogP contribution < -0.4 is 22.1 Å². The number of hydrogen-bond donors (Lipinski definition) is 1. The summed E-state index contributed by atoms with van der Waals surface area (Å²) in [6.07, 6.45) is 1.58. The molecule has 0 radical (unpaired) electrons. The molecule has 0 bridgehead atoms. The van der Waals surface area contributed by atoms with Crippen LogP contribution in [-0.2, 0) is 4.55 Å². The van der Waals surface area contributed by atoms with Crippen molar-refractivity contribution in [2.24, 2.45) is 0 Å². The van der Waals surface area contributed by atoms with Gasteiger partial charge in [-0.25, -0.2) is 9.36 Å². The first-order chi connectivity index (χ1) is 15.9. The normalized spacial score (nSPS) is 13.4. The smallest absolute Gasteiger partial charge is 0.337 e. The van der Waals surface area contributed by atoms with E-state index < -0.39 is 5.69 Å². The number of aromatic nitrogens is 3. The van der Waals surface area contributed by atoms with E-state index in [0.29, 0.717) is 27.0 Å². The van der Waals surface area contributed by atoms with E-state index in [1.165, 1.54) is 19.8 Å². The van der Waals surface area contributed by atoms with E-state index in [9.17, 15) is 14.4 Å². The van der Waals surface area contributed by atoms with Gasteiger partial charge in [0.1, 0.15) is 11.0 Å². The van der Waals surface area contributed by atoms with Crippen LogP contribution in [0.25, 0.3) is 16.7 Å². The minimum atomic E-state index is -0.421. The van der Waals surface area contributed by atoms with E-state index in [2.05, 4.69) is 43.8 Å². The van der Waals surface area contributed by atoms with Gasteiger partial charge in [-0.1, -0.05) is 56.7 Å². The quantitative estimate of drug-likeness (QED) is 0.256. The largest absolute Gasteiger partial charge is 0.355 e. The molecule has 1 aliphatic carbocycles. The van der Waals surface area contributed by atoms with Crippen LogP contribution in [0.3, 0.4) is 0 Å². The second kappa shape index (κ2) is 8.60. The molecule has 4 aromatic rings. The van der Waals surface area contributed by atoms with Crippen molar-refractivity contribution >= 4 is 60.9 Å². The number of fused-ring (bicyclic) bond motifs is 1. The van der Waals surface area contributed by atoms with Crippen LogP contribution in [0.5, 0.6) is 0 Å². The van der Waals surface area contributed by atoms with Crippen LogP contribution >= 0.6 is 38.5 Å². The molecule has 1 aliphatic rings. The summed E-state index contributed by atoms with van der Waals surface area (Å²) in [6, 6.07) is 16.2. The van der Waals surface area contributed by atoms with Crippen molar-refractivity contribution in [2.75, 3.05) is 5.32 Å². The summed E-state index contributed by atoms with van der Waals surface area (Å²) in [5, 5.41) is 3.59. The Balaban J connectivity index is 1.91. The summed E-state index contributed by atoms with van der Waals surface area (Å²) < 4.78 is 5.57. The first kappa shape index (κ1) is 22.1. The number of nitrogens with one attached hydrogen (secondary N) is 1. The van der Waals surface area contributed by atoms with E-state index in [0.717, 1.165) is 28.6 Å². The zero-order valence-electron chi connectivity index (χ0n) is 17.7. The van der Waals surface area contributed by atoms with Crippen LogP contribution in [0.15, 0.2) is 73.5 Å².